The Labute approximate surface area is 100 Å². The quantitative estimate of drug-likeness (QED) is 0.397. The molecule has 0 saturated heterocycles. The predicted molar refractivity (Wildman–Crippen MR) is 56.7 cm³/mol. The van der Waals surface area contributed by atoms with Gasteiger partial charge in [-0.05, 0) is 13.3 Å². The molecule has 2 rings (SSSR count). The Morgan fingerprint density at radius 1 is 1.67 bits per heavy atom. The van der Waals surface area contributed by atoms with Crippen LogP contribution in [0.1, 0.15) is 29.9 Å². The van der Waals surface area contributed by atoms with Crippen molar-refractivity contribution in [2.24, 2.45) is 5.84 Å². The molecule has 6 nitrogen and oxygen atoms in total. The van der Waals surface area contributed by atoms with E-state index in [1.807, 2.05) is 5.43 Å². The summed E-state index contributed by atoms with van der Waals surface area (Å²) in [4.78, 5) is 11.2. The number of hydrazine groups is 1. The summed E-state index contributed by atoms with van der Waals surface area (Å²) in [5, 5.41) is 6.49. The monoisotopic (exact) mass is 263 g/mol. The van der Waals surface area contributed by atoms with Crippen molar-refractivity contribution in [3.05, 3.63) is 11.8 Å². The van der Waals surface area contributed by atoms with Crippen LogP contribution in [-0.4, -0.2) is 27.9 Å². The highest BCUT2D eigenvalue weighted by Crippen LogP contribution is 2.39. The second-order valence-corrected chi connectivity index (χ2v) is 4.17. The van der Waals surface area contributed by atoms with Crippen LogP contribution >= 0.6 is 0 Å². The number of nitrogen functional groups attached to an aromatic ring is 1. The van der Waals surface area contributed by atoms with Gasteiger partial charge in [0.25, 0.3) is 5.91 Å². The standard InChI is InChI=1S/C9H12F3N5O/c1-4-2-6(9(10,11)12)17-7(14-4)3-5(16-17)8(18)15-13/h3-4,6,14H,2,13H2,1H3,(H,15,18)/t4-,6-/m0/s1. The van der Waals surface area contributed by atoms with Crippen LogP contribution in [0.2, 0.25) is 0 Å². The molecule has 2 heterocycles. The maximum atomic E-state index is 12.9. The third-order valence-electron chi connectivity index (χ3n) is 2.74. The van der Waals surface area contributed by atoms with Gasteiger partial charge in [0.1, 0.15) is 5.82 Å². The summed E-state index contributed by atoms with van der Waals surface area (Å²) in [5.74, 6) is 4.35. The van der Waals surface area contributed by atoms with Gasteiger partial charge in [-0.3, -0.25) is 10.2 Å². The molecule has 1 aromatic heterocycles. The SMILES string of the molecule is C[C@H]1C[C@@H](C(F)(F)F)n2nc(C(=O)NN)cc2N1. The maximum absolute atomic E-state index is 12.9. The van der Waals surface area contributed by atoms with E-state index in [-0.39, 0.29) is 24.0 Å². The average Bonchev–Trinajstić information content (AvgIpc) is 2.68. The van der Waals surface area contributed by atoms with Gasteiger partial charge >= 0.3 is 6.18 Å². The van der Waals surface area contributed by atoms with Crippen molar-refractivity contribution < 1.29 is 18.0 Å². The molecule has 1 aromatic rings. The van der Waals surface area contributed by atoms with Crippen LogP contribution in [-0.2, 0) is 0 Å². The molecular weight excluding hydrogens is 251 g/mol. The number of halogens is 3. The Morgan fingerprint density at radius 3 is 2.89 bits per heavy atom. The number of anilines is 1. The minimum atomic E-state index is -4.41. The highest BCUT2D eigenvalue weighted by atomic mass is 19.4. The van der Waals surface area contributed by atoms with Gasteiger partial charge in [0.15, 0.2) is 11.7 Å². The Kier molecular flexibility index (Phi) is 2.93. The van der Waals surface area contributed by atoms with Gasteiger partial charge < -0.3 is 5.32 Å². The van der Waals surface area contributed by atoms with Gasteiger partial charge in [-0.2, -0.15) is 18.3 Å². The molecule has 1 amide bonds. The van der Waals surface area contributed by atoms with Gasteiger partial charge in [-0.25, -0.2) is 10.5 Å². The number of carbonyl (C=O) groups excluding carboxylic acids is 1. The van der Waals surface area contributed by atoms with Crippen LogP contribution < -0.4 is 16.6 Å². The van der Waals surface area contributed by atoms with Crippen LogP contribution in [0.25, 0.3) is 0 Å². The lowest BCUT2D eigenvalue weighted by molar-refractivity contribution is -0.173. The lowest BCUT2D eigenvalue weighted by Crippen LogP contribution is -2.38. The second kappa shape index (κ2) is 4.16. The van der Waals surface area contributed by atoms with Crippen molar-refractivity contribution in [2.75, 3.05) is 5.32 Å². The molecule has 1 aliphatic heterocycles. The van der Waals surface area contributed by atoms with E-state index >= 15 is 0 Å². The van der Waals surface area contributed by atoms with Crippen molar-refractivity contribution in [1.29, 1.82) is 0 Å². The molecule has 0 aliphatic carbocycles. The number of carbonyl (C=O) groups is 1. The lowest BCUT2D eigenvalue weighted by Gasteiger charge is -2.31. The minimum Gasteiger partial charge on any atom is -0.368 e. The molecule has 1 aliphatic rings. The number of hydrogen-bond donors (Lipinski definition) is 3. The summed E-state index contributed by atoms with van der Waals surface area (Å²) >= 11 is 0. The fourth-order valence-corrected chi connectivity index (χ4v) is 1.94. The van der Waals surface area contributed by atoms with E-state index in [1.165, 1.54) is 6.07 Å². The molecule has 4 N–H and O–H groups in total. The third-order valence-corrected chi connectivity index (χ3v) is 2.74. The summed E-state index contributed by atoms with van der Waals surface area (Å²) in [7, 11) is 0. The minimum absolute atomic E-state index is 0.137. The highest BCUT2D eigenvalue weighted by Gasteiger charge is 2.45. The van der Waals surface area contributed by atoms with Crippen molar-refractivity contribution in [3.63, 3.8) is 0 Å². The van der Waals surface area contributed by atoms with E-state index in [1.54, 1.807) is 6.92 Å². The average molecular weight is 263 g/mol. The van der Waals surface area contributed by atoms with Crippen LogP contribution in [0.5, 0.6) is 0 Å². The van der Waals surface area contributed by atoms with Gasteiger partial charge in [-0.15, -0.1) is 0 Å². The Morgan fingerprint density at radius 2 is 2.33 bits per heavy atom. The van der Waals surface area contributed by atoms with Crippen molar-refractivity contribution in [1.82, 2.24) is 15.2 Å². The Bertz CT molecular complexity index is 469. The lowest BCUT2D eigenvalue weighted by atomic mass is 10.1. The Balaban J connectivity index is 2.42. The summed E-state index contributed by atoms with van der Waals surface area (Å²) in [6.07, 6.45) is -4.55. The van der Waals surface area contributed by atoms with Gasteiger partial charge in [0, 0.05) is 12.1 Å². The van der Waals surface area contributed by atoms with E-state index < -0.39 is 18.1 Å². The molecule has 18 heavy (non-hydrogen) atoms. The smallest absolute Gasteiger partial charge is 0.368 e. The molecule has 0 spiro atoms. The van der Waals surface area contributed by atoms with E-state index in [2.05, 4.69) is 10.4 Å². The molecule has 0 unspecified atom stereocenters. The number of nitrogens with two attached hydrogens (primary N) is 1. The number of fused-ring (bicyclic) bond motifs is 1. The molecule has 2 atom stereocenters. The topological polar surface area (TPSA) is 85.0 Å². The normalized spacial score (nSPS) is 23.2. The summed E-state index contributed by atoms with van der Waals surface area (Å²) in [6, 6.07) is -0.839. The molecule has 9 heteroatoms. The number of rotatable bonds is 1. The number of nitrogens with one attached hydrogen (secondary N) is 2. The first kappa shape index (κ1) is 12.7. The maximum Gasteiger partial charge on any atom is 0.410 e. The van der Waals surface area contributed by atoms with Crippen LogP contribution in [0.3, 0.4) is 0 Å². The summed E-state index contributed by atoms with van der Waals surface area (Å²) in [6.45, 7) is 1.64. The number of alkyl halides is 3. The first-order chi connectivity index (χ1) is 8.32. The van der Waals surface area contributed by atoms with Gasteiger partial charge in [0.2, 0.25) is 0 Å². The van der Waals surface area contributed by atoms with E-state index in [0.717, 1.165) is 4.68 Å². The van der Waals surface area contributed by atoms with Gasteiger partial charge in [-0.1, -0.05) is 0 Å². The fraction of sp³-hybridized carbons (Fsp3) is 0.556. The van der Waals surface area contributed by atoms with Crippen LogP contribution in [0.4, 0.5) is 19.0 Å². The van der Waals surface area contributed by atoms with Gasteiger partial charge in [0.05, 0.1) is 0 Å². The molecule has 0 bridgehead atoms. The van der Waals surface area contributed by atoms with E-state index in [0.29, 0.717) is 0 Å². The molecule has 0 aromatic carbocycles. The molecule has 0 saturated carbocycles. The third kappa shape index (κ3) is 2.13. The second-order valence-electron chi connectivity index (χ2n) is 4.17. The molecule has 100 valence electrons. The van der Waals surface area contributed by atoms with Crippen LogP contribution in [0.15, 0.2) is 6.07 Å². The Hall–Kier alpha value is -1.77. The molecule has 0 fully saturated rings. The first-order valence-corrected chi connectivity index (χ1v) is 5.26. The zero-order valence-corrected chi connectivity index (χ0v) is 9.45. The van der Waals surface area contributed by atoms with E-state index in [9.17, 15) is 18.0 Å². The molecular formula is C9H12F3N5O. The van der Waals surface area contributed by atoms with Crippen molar-refractivity contribution in [3.8, 4) is 0 Å². The van der Waals surface area contributed by atoms with E-state index in [4.69, 9.17) is 5.84 Å². The summed E-state index contributed by atoms with van der Waals surface area (Å²) < 4.78 is 39.4. The number of hydrogen-bond acceptors (Lipinski definition) is 4. The predicted octanol–water partition coefficient (Wildman–Crippen LogP) is 0.794. The fourth-order valence-electron chi connectivity index (χ4n) is 1.94. The number of aromatic nitrogens is 2. The molecule has 0 radical (unpaired) electrons. The zero-order chi connectivity index (χ0) is 13.5. The van der Waals surface area contributed by atoms with Crippen molar-refractivity contribution >= 4 is 11.7 Å². The first-order valence-electron chi connectivity index (χ1n) is 5.26. The zero-order valence-electron chi connectivity index (χ0n) is 9.45. The number of amides is 1. The number of nitrogens with zero attached hydrogens (tertiary/aromatic N) is 2. The van der Waals surface area contributed by atoms with Crippen LogP contribution in [0, 0.1) is 0 Å². The van der Waals surface area contributed by atoms with Crippen molar-refractivity contribution in [2.45, 2.75) is 31.6 Å². The largest absolute Gasteiger partial charge is 0.410 e. The highest BCUT2D eigenvalue weighted by molar-refractivity contribution is 5.92. The summed E-state index contributed by atoms with van der Waals surface area (Å²) in [5.41, 5.74) is 1.68.